The molecule has 0 atom stereocenters. The zero-order chi connectivity index (χ0) is 27.7. The first-order chi connectivity index (χ1) is 20.6. The van der Waals surface area contributed by atoms with Crippen molar-refractivity contribution in [2.75, 3.05) is 0 Å². The van der Waals surface area contributed by atoms with Crippen LogP contribution in [0.3, 0.4) is 0 Å². The lowest BCUT2D eigenvalue weighted by atomic mass is 9.80. The zero-order valence-corrected chi connectivity index (χ0v) is 23.2. The number of para-hydroxylation sites is 3. The molecule has 3 heterocycles. The number of rotatable bonds is 1. The van der Waals surface area contributed by atoms with Crippen LogP contribution in [-0.4, -0.2) is 4.57 Å². The highest BCUT2D eigenvalue weighted by Gasteiger charge is 2.41. The van der Waals surface area contributed by atoms with Crippen LogP contribution in [0.15, 0.2) is 124 Å². The van der Waals surface area contributed by atoms with Crippen molar-refractivity contribution >= 4 is 65.7 Å². The first-order valence-corrected chi connectivity index (χ1v) is 14.5. The number of furan rings is 2. The first kappa shape index (κ1) is 22.4. The Labute approximate surface area is 241 Å². The van der Waals surface area contributed by atoms with E-state index < -0.39 is 0 Å². The second kappa shape index (κ2) is 7.51. The molecule has 3 nitrogen and oxygen atoms in total. The normalized spacial score (nSPS) is 14.1. The Balaban J connectivity index is 1.48. The minimum Gasteiger partial charge on any atom is -0.456 e. The predicted octanol–water partition coefficient (Wildman–Crippen LogP) is 10.9. The number of hydrogen-bond donors (Lipinski definition) is 0. The van der Waals surface area contributed by atoms with E-state index in [-0.39, 0.29) is 5.41 Å². The molecule has 42 heavy (non-hydrogen) atoms. The van der Waals surface area contributed by atoms with Gasteiger partial charge in [-0.25, -0.2) is 0 Å². The maximum atomic E-state index is 6.83. The van der Waals surface area contributed by atoms with Crippen molar-refractivity contribution in [1.82, 2.24) is 4.57 Å². The Kier molecular flexibility index (Phi) is 4.01. The summed E-state index contributed by atoms with van der Waals surface area (Å²) in [4.78, 5) is 0. The molecule has 6 aromatic carbocycles. The number of benzene rings is 6. The molecule has 3 heteroatoms. The Hall–Kier alpha value is -5.28. The molecule has 0 radical (unpaired) electrons. The van der Waals surface area contributed by atoms with E-state index in [0.29, 0.717) is 0 Å². The molecular weight excluding hydrogens is 514 g/mol. The van der Waals surface area contributed by atoms with Gasteiger partial charge in [-0.15, -0.1) is 0 Å². The van der Waals surface area contributed by atoms with Crippen LogP contribution in [0.5, 0.6) is 0 Å². The van der Waals surface area contributed by atoms with Gasteiger partial charge in [0, 0.05) is 43.6 Å². The van der Waals surface area contributed by atoms with Gasteiger partial charge in [0.25, 0.3) is 0 Å². The van der Waals surface area contributed by atoms with Crippen molar-refractivity contribution in [2.45, 2.75) is 19.3 Å². The van der Waals surface area contributed by atoms with Crippen LogP contribution in [-0.2, 0) is 5.41 Å². The van der Waals surface area contributed by atoms with Crippen molar-refractivity contribution in [2.24, 2.45) is 0 Å². The van der Waals surface area contributed by atoms with Gasteiger partial charge in [0.2, 0.25) is 0 Å². The van der Waals surface area contributed by atoms with Crippen molar-refractivity contribution in [3.8, 4) is 16.8 Å². The summed E-state index contributed by atoms with van der Waals surface area (Å²) < 4.78 is 15.5. The SMILES string of the molecule is CC1(C)c2ccccc2-c2c1c1c3ccccc3n(-c3ccc4oc5ccccc5c4c3)c1c1c2oc2ccccc21. The minimum absolute atomic E-state index is 0.197. The van der Waals surface area contributed by atoms with E-state index in [4.69, 9.17) is 8.83 Å². The lowest BCUT2D eigenvalue weighted by Crippen LogP contribution is -2.15. The Bertz CT molecular complexity index is 2610. The lowest BCUT2D eigenvalue weighted by Gasteiger charge is -2.23. The van der Waals surface area contributed by atoms with Gasteiger partial charge in [0.15, 0.2) is 0 Å². The summed E-state index contributed by atoms with van der Waals surface area (Å²) in [5.74, 6) is 0. The van der Waals surface area contributed by atoms with E-state index in [1.165, 1.54) is 49.4 Å². The van der Waals surface area contributed by atoms with Crippen LogP contribution in [0.2, 0.25) is 0 Å². The third kappa shape index (κ3) is 2.58. The van der Waals surface area contributed by atoms with Gasteiger partial charge in [-0.1, -0.05) is 92.7 Å². The van der Waals surface area contributed by atoms with Gasteiger partial charge in [-0.3, -0.25) is 0 Å². The molecule has 0 saturated heterocycles. The van der Waals surface area contributed by atoms with Crippen LogP contribution >= 0.6 is 0 Å². The Morgan fingerprint density at radius 3 is 2.10 bits per heavy atom. The molecule has 10 rings (SSSR count). The molecule has 0 fully saturated rings. The first-order valence-electron chi connectivity index (χ1n) is 14.5. The number of fused-ring (bicyclic) bond motifs is 15. The smallest absolute Gasteiger partial charge is 0.145 e. The molecular formula is C39H25NO2. The average molecular weight is 540 g/mol. The molecule has 1 aliphatic rings. The summed E-state index contributed by atoms with van der Waals surface area (Å²) in [5, 5.41) is 7.12. The van der Waals surface area contributed by atoms with Gasteiger partial charge < -0.3 is 13.4 Å². The molecule has 0 spiro atoms. The minimum atomic E-state index is -0.197. The highest BCUT2D eigenvalue weighted by atomic mass is 16.3. The second-order valence-corrected chi connectivity index (χ2v) is 12.1. The van der Waals surface area contributed by atoms with Crippen molar-refractivity contribution < 1.29 is 8.83 Å². The van der Waals surface area contributed by atoms with Crippen LogP contribution in [0.1, 0.15) is 25.0 Å². The number of hydrogen-bond acceptors (Lipinski definition) is 2. The third-order valence-corrected chi connectivity index (χ3v) is 9.55. The van der Waals surface area contributed by atoms with Crippen molar-refractivity contribution in [3.05, 3.63) is 126 Å². The van der Waals surface area contributed by atoms with E-state index in [1.54, 1.807) is 0 Å². The lowest BCUT2D eigenvalue weighted by molar-refractivity contribution is 0.658. The fourth-order valence-electron chi connectivity index (χ4n) is 7.81. The number of aromatic nitrogens is 1. The molecule has 3 aromatic heterocycles. The highest BCUT2D eigenvalue weighted by molar-refractivity contribution is 6.30. The Morgan fingerprint density at radius 1 is 0.571 bits per heavy atom. The summed E-state index contributed by atoms with van der Waals surface area (Å²) in [6.45, 7) is 4.72. The van der Waals surface area contributed by atoms with Crippen LogP contribution in [0.25, 0.3) is 82.5 Å². The van der Waals surface area contributed by atoms with Gasteiger partial charge in [-0.2, -0.15) is 0 Å². The van der Waals surface area contributed by atoms with Crippen LogP contribution in [0.4, 0.5) is 0 Å². The monoisotopic (exact) mass is 539 g/mol. The average Bonchev–Trinajstić information content (AvgIpc) is 3.74. The van der Waals surface area contributed by atoms with Gasteiger partial charge in [0.1, 0.15) is 22.3 Å². The second-order valence-electron chi connectivity index (χ2n) is 12.1. The Morgan fingerprint density at radius 2 is 1.24 bits per heavy atom. The molecule has 0 unspecified atom stereocenters. The highest BCUT2D eigenvalue weighted by Crippen LogP contribution is 2.57. The van der Waals surface area contributed by atoms with Gasteiger partial charge >= 0.3 is 0 Å². The molecule has 198 valence electrons. The molecule has 0 saturated carbocycles. The van der Waals surface area contributed by atoms with Gasteiger partial charge in [-0.05, 0) is 53.1 Å². The van der Waals surface area contributed by atoms with E-state index in [0.717, 1.165) is 44.2 Å². The quantitative estimate of drug-likeness (QED) is 0.208. The molecule has 0 N–H and O–H groups in total. The topological polar surface area (TPSA) is 31.2 Å². The number of nitrogens with zero attached hydrogens (tertiary/aromatic N) is 1. The van der Waals surface area contributed by atoms with E-state index in [2.05, 4.69) is 122 Å². The van der Waals surface area contributed by atoms with E-state index >= 15 is 0 Å². The maximum absolute atomic E-state index is 6.83. The summed E-state index contributed by atoms with van der Waals surface area (Å²) in [7, 11) is 0. The fraction of sp³-hybridized carbons (Fsp3) is 0.0769. The summed E-state index contributed by atoms with van der Waals surface area (Å²) in [5.41, 5.74) is 12.2. The molecule has 0 aliphatic heterocycles. The largest absolute Gasteiger partial charge is 0.456 e. The van der Waals surface area contributed by atoms with Crippen molar-refractivity contribution in [1.29, 1.82) is 0 Å². The molecule has 0 bridgehead atoms. The summed E-state index contributed by atoms with van der Waals surface area (Å²) >= 11 is 0. The molecule has 9 aromatic rings. The van der Waals surface area contributed by atoms with Crippen LogP contribution < -0.4 is 0 Å². The molecule has 0 amide bonds. The third-order valence-electron chi connectivity index (χ3n) is 9.55. The fourth-order valence-corrected chi connectivity index (χ4v) is 7.81. The van der Waals surface area contributed by atoms with E-state index in [9.17, 15) is 0 Å². The standard InChI is InChI=1S/C39H25NO2/c1-39(2)28-15-7-3-12-24(28)34-36(39)33-25-13-4-8-16-29(25)40(37(33)35-26-14-6-10-18-31(26)42-38(34)35)22-19-20-32-27(21-22)23-11-5-9-17-30(23)41-32/h3-21H,1-2H3. The van der Waals surface area contributed by atoms with Crippen molar-refractivity contribution in [3.63, 3.8) is 0 Å². The maximum Gasteiger partial charge on any atom is 0.145 e. The van der Waals surface area contributed by atoms with Crippen LogP contribution in [0, 0.1) is 0 Å². The summed E-state index contributed by atoms with van der Waals surface area (Å²) in [6.07, 6.45) is 0. The zero-order valence-electron chi connectivity index (χ0n) is 23.2. The predicted molar refractivity (Wildman–Crippen MR) is 173 cm³/mol. The van der Waals surface area contributed by atoms with E-state index in [1.807, 2.05) is 12.1 Å². The molecule has 1 aliphatic carbocycles. The summed E-state index contributed by atoms with van der Waals surface area (Å²) in [6, 6.07) is 41.1. The van der Waals surface area contributed by atoms with Gasteiger partial charge in [0.05, 0.1) is 16.4 Å².